The first-order chi connectivity index (χ1) is 5.29. The van der Waals surface area contributed by atoms with Gasteiger partial charge < -0.3 is 10.7 Å². The lowest BCUT2D eigenvalue weighted by Crippen LogP contribution is -1.91. The molecule has 0 radical (unpaired) electrons. The van der Waals surface area contributed by atoms with Gasteiger partial charge in [0.25, 0.3) is 0 Å². The highest BCUT2D eigenvalue weighted by molar-refractivity contribution is 6.35. The quantitative estimate of drug-likeness (QED) is 0.621. The summed E-state index contributed by atoms with van der Waals surface area (Å²) in [5, 5.41) is 0.564. The van der Waals surface area contributed by atoms with E-state index in [0.29, 0.717) is 21.9 Å². The zero-order valence-electron chi connectivity index (χ0n) is 5.50. The molecule has 0 aromatic carbocycles. The fourth-order valence-corrected chi connectivity index (χ4v) is 1.12. The van der Waals surface area contributed by atoms with Crippen LogP contribution in [0.4, 0.5) is 5.82 Å². The smallest absolute Gasteiger partial charge is 0.151 e. The number of H-pyrrole nitrogens is 1. The first-order valence-corrected chi connectivity index (χ1v) is 3.40. The minimum atomic E-state index is 0.418. The van der Waals surface area contributed by atoms with Crippen molar-refractivity contribution in [3.05, 3.63) is 17.5 Å². The number of fused-ring (bicyclic) bond motifs is 1. The molecule has 2 rings (SSSR count). The maximum atomic E-state index is 5.77. The molecule has 2 aromatic heterocycles. The predicted octanol–water partition coefficient (Wildman–Crippen LogP) is 1.19. The monoisotopic (exact) mass is 168 g/mol. The summed E-state index contributed by atoms with van der Waals surface area (Å²) in [6, 6.07) is 0. The number of hydrogen-bond acceptors (Lipinski definition) is 3. The van der Waals surface area contributed by atoms with Gasteiger partial charge in [-0.3, -0.25) is 0 Å². The van der Waals surface area contributed by atoms with Crippen LogP contribution in [0, 0.1) is 0 Å². The largest absolute Gasteiger partial charge is 0.382 e. The Morgan fingerprint density at radius 2 is 2.27 bits per heavy atom. The molecule has 0 amide bonds. The molecule has 0 aliphatic rings. The molecule has 0 aliphatic heterocycles. The molecule has 3 N–H and O–H groups in total. The van der Waals surface area contributed by atoms with E-state index in [4.69, 9.17) is 17.3 Å². The second-order valence-corrected chi connectivity index (χ2v) is 2.53. The van der Waals surface area contributed by atoms with Crippen molar-refractivity contribution in [2.75, 3.05) is 5.73 Å². The fraction of sp³-hybridized carbons (Fsp3) is 0. The molecule has 2 aromatic rings. The van der Waals surface area contributed by atoms with Crippen molar-refractivity contribution in [1.82, 2.24) is 15.0 Å². The van der Waals surface area contributed by atoms with Crippen LogP contribution in [0.25, 0.3) is 11.0 Å². The van der Waals surface area contributed by atoms with Crippen LogP contribution in [0.5, 0.6) is 0 Å². The number of nitrogen functional groups attached to an aromatic ring is 1. The van der Waals surface area contributed by atoms with Crippen molar-refractivity contribution in [2.45, 2.75) is 0 Å². The van der Waals surface area contributed by atoms with E-state index < -0.39 is 0 Å². The van der Waals surface area contributed by atoms with Crippen LogP contribution in [-0.2, 0) is 0 Å². The average molecular weight is 169 g/mol. The summed E-state index contributed by atoms with van der Waals surface area (Å²) < 4.78 is 0. The molecule has 0 fully saturated rings. The molecule has 4 nitrogen and oxygen atoms in total. The van der Waals surface area contributed by atoms with E-state index in [1.807, 2.05) is 0 Å². The van der Waals surface area contributed by atoms with Gasteiger partial charge in [0.05, 0.1) is 5.02 Å². The molecule has 0 spiro atoms. The average Bonchev–Trinajstić information content (AvgIpc) is 2.35. The highest BCUT2D eigenvalue weighted by Gasteiger charge is 2.04. The van der Waals surface area contributed by atoms with Gasteiger partial charge in [-0.15, -0.1) is 0 Å². The number of nitrogens with two attached hydrogens (primary N) is 1. The van der Waals surface area contributed by atoms with Gasteiger partial charge in [0.1, 0.15) is 17.4 Å². The fourth-order valence-electron chi connectivity index (χ4n) is 0.926. The van der Waals surface area contributed by atoms with Gasteiger partial charge in [-0.1, -0.05) is 11.6 Å². The van der Waals surface area contributed by atoms with Crippen molar-refractivity contribution < 1.29 is 0 Å². The highest BCUT2D eigenvalue weighted by atomic mass is 35.5. The Morgan fingerprint density at radius 1 is 1.45 bits per heavy atom. The van der Waals surface area contributed by atoms with Crippen molar-refractivity contribution in [3.8, 4) is 0 Å². The number of halogens is 1. The summed E-state index contributed by atoms with van der Waals surface area (Å²) in [7, 11) is 0. The van der Waals surface area contributed by atoms with Gasteiger partial charge >= 0.3 is 0 Å². The van der Waals surface area contributed by atoms with Crippen LogP contribution in [0.15, 0.2) is 12.5 Å². The Labute approximate surface area is 67.4 Å². The van der Waals surface area contributed by atoms with E-state index in [1.54, 1.807) is 6.20 Å². The molecule has 11 heavy (non-hydrogen) atoms. The van der Waals surface area contributed by atoms with Gasteiger partial charge in [-0.2, -0.15) is 0 Å². The third-order valence-corrected chi connectivity index (χ3v) is 1.73. The van der Waals surface area contributed by atoms with Crippen molar-refractivity contribution in [2.24, 2.45) is 0 Å². The summed E-state index contributed by atoms with van der Waals surface area (Å²) in [4.78, 5) is 10.6. The van der Waals surface area contributed by atoms with Gasteiger partial charge in [0.15, 0.2) is 5.82 Å². The number of rotatable bonds is 0. The second kappa shape index (κ2) is 2.10. The normalized spacial score (nSPS) is 10.6. The second-order valence-electron chi connectivity index (χ2n) is 2.12. The molecule has 56 valence electrons. The van der Waals surface area contributed by atoms with Gasteiger partial charge in [-0.05, 0) is 0 Å². The molecular weight excluding hydrogens is 164 g/mol. The lowest BCUT2D eigenvalue weighted by molar-refractivity contribution is 1.22. The number of nitrogens with zero attached hydrogens (tertiary/aromatic N) is 2. The summed E-state index contributed by atoms with van der Waals surface area (Å²) in [6.07, 6.45) is 3.02. The summed E-state index contributed by atoms with van der Waals surface area (Å²) in [5.41, 5.74) is 6.89. The van der Waals surface area contributed by atoms with Crippen molar-refractivity contribution in [3.63, 3.8) is 0 Å². The summed E-state index contributed by atoms with van der Waals surface area (Å²) in [6.45, 7) is 0. The Morgan fingerprint density at radius 3 is 3.00 bits per heavy atom. The number of hydrogen-bond donors (Lipinski definition) is 2. The van der Waals surface area contributed by atoms with E-state index in [9.17, 15) is 0 Å². The third-order valence-electron chi connectivity index (χ3n) is 1.45. The molecule has 0 unspecified atom stereocenters. The van der Waals surface area contributed by atoms with Gasteiger partial charge in [0.2, 0.25) is 0 Å². The van der Waals surface area contributed by atoms with Crippen LogP contribution >= 0.6 is 11.6 Å². The number of anilines is 1. The van der Waals surface area contributed by atoms with Crippen molar-refractivity contribution >= 4 is 28.5 Å². The Kier molecular flexibility index (Phi) is 1.22. The maximum absolute atomic E-state index is 5.77. The maximum Gasteiger partial charge on any atom is 0.151 e. The van der Waals surface area contributed by atoms with Gasteiger partial charge in [0, 0.05) is 6.20 Å². The van der Waals surface area contributed by atoms with E-state index in [-0.39, 0.29) is 0 Å². The van der Waals surface area contributed by atoms with Crippen LogP contribution in [0.3, 0.4) is 0 Å². The molecule has 0 bridgehead atoms. The van der Waals surface area contributed by atoms with Crippen molar-refractivity contribution in [1.29, 1.82) is 0 Å². The zero-order valence-corrected chi connectivity index (χ0v) is 6.26. The minimum Gasteiger partial charge on any atom is -0.382 e. The number of aromatic nitrogens is 3. The zero-order chi connectivity index (χ0) is 7.84. The topological polar surface area (TPSA) is 67.6 Å². The van der Waals surface area contributed by atoms with E-state index in [0.717, 1.165) is 0 Å². The summed E-state index contributed by atoms with van der Waals surface area (Å²) in [5.74, 6) is 0.418. The molecule has 2 heterocycles. The first kappa shape index (κ1) is 6.42. The number of aromatic amines is 1. The number of nitrogens with one attached hydrogen (secondary N) is 1. The van der Waals surface area contributed by atoms with E-state index in [2.05, 4.69) is 15.0 Å². The Bertz CT molecular complexity index is 394. The van der Waals surface area contributed by atoms with E-state index >= 15 is 0 Å². The van der Waals surface area contributed by atoms with Crippen LogP contribution in [0.2, 0.25) is 5.02 Å². The van der Waals surface area contributed by atoms with E-state index in [1.165, 1.54) is 6.33 Å². The third kappa shape index (κ3) is 0.832. The highest BCUT2D eigenvalue weighted by Crippen LogP contribution is 2.22. The van der Waals surface area contributed by atoms with Crippen LogP contribution < -0.4 is 5.73 Å². The molecule has 0 saturated carbocycles. The van der Waals surface area contributed by atoms with Gasteiger partial charge in [-0.25, -0.2) is 9.97 Å². The first-order valence-electron chi connectivity index (χ1n) is 3.02. The SMILES string of the molecule is Nc1ncnc2c(Cl)c[nH]c12. The Balaban J connectivity index is 2.94. The molecule has 0 saturated heterocycles. The molecule has 0 atom stereocenters. The lowest BCUT2D eigenvalue weighted by Gasteiger charge is -1.91. The summed E-state index contributed by atoms with van der Waals surface area (Å²) >= 11 is 5.77. The standard InChI is InChI=1S/C6H5ClN4/c7-3-1-9-5-4(3)10-2-11-6(5)8/h1-2,9H,(H2,8,10,11). The minimum absolute atomic E-state index is 0.418. The molecular formula is C6H5ClN4. The molecule has 0 aliphatic carbocycles. The van der Waals surface area contributed by atoms with Crippen LogP contribution in [-0.4, -0.2) is 15.0 Å². The van der Waals surface area contributed by atoms with Crippen LogP contribution in [0.1, 0.15) is 0 Å². The lowest BCUT2D eigenvalue weighted by atomic mass is 10.4. The predicted molar refractivity (Wildman–Crippen MR) is 43.3 cm³/mol. The molecule has 5 heteroatoms. The Hall–Kier alpha value is -1.29.